The van der Waals surface area contributed by atoms with Gasteiger partial charge >= 0.3 is 6.03 Å². The Hall–Kier alpha value is -3.68. The number of barbiturate groups is 1. The fourth-order valence-electron chi connectivity index (χ4n) is 2.80. The molecule has 1 aliphatic rings. The smallest absolute Gasteiger partial charge is 0.328 e. The van der Waals surface area contributed by atoms with Crippen molar-refractivity contribution in [2.45, 2.75) is 12.5 Å². The van der Waals surface area contributed by atoms with Gasteiger partial charge in [-0.2, -0.15) is 0 Å². The standard InChI is InChI=1S/C19H17N3O5/c1-2-27-14-10-6-7-12(11-14)15(23)22-19(13-8-4-3-5-9-13)16(24)20-18(26)21-17(19)25/h3-11H,2H2,1H3,(H,22,23)(H2,20,21,24,25,26). The van der Waals surface area contributed by atoms with Crippen LogP contribution < -0.4 is 20.7 Å². The molecule has 3 N–H and O–H groups in total. The van der Waals surface area contributed by atoms with Gasteiger partial charge in [-0.15, -0.1) is 0 Å². The van der Waals surface area contributed by atoms with Crippen LogP contribution in [-0.4, -0.2) is 30.4 Å². The van der Waals surface area contributed by atoms with Crippen LogP contribution in [0.2, 0.25) is 0 Å². The molecule has 8 heteroatoms. The molecule has 0 spiro atoms. The number of benzene rings is 2. The Bertz CT molecular complexity index is 891. The average Bonchev–Trinajstić information content (AvgIpc) is 2.66. The maximum Gasteiger partial charge on any atom is 0.328 e. The maximum absolute atomic E-state index is 12.8. The first-order valence-corrected chi connectivity index (χ1v) is 8.25. The van der Waals surface area contributed by atoms with Crippen LogP contribution in [0.4, 0.5) is 4.79 Å². The third-order valence-electron chi connectivity index (χ3n) is 4.05. The molecule has 0 saturated carbocycles. The molecule has 27 heavy (non-hydrogen) atoms. The summed E-state index contributed by atoms with van der Waals surface area (Å²) in [6, 6.07) is 13.4. The molecule has 1 aliphatic heterocycles. The van der Waals surface area contributed by atoms with Crippen LogP contribution in [0.5, 0.6) is 5.75 Å². The van der Waals surface area contributed by atoms with Gasteiger partial charge in [0, 0.05) is 5.56 Å². The highest BCUT2D eigenvalue weighted by Gasteiger charge is 2.53. The van der Waals surface area contributed by atoms with E-state index in [1.807, 2.05) is 17.6 Å². The summed E-state index contributed by atoms with van der Waals surface area (Å²) in [5.41, 5.74) is -1.65. The van der Waals surface area contributed by atoms with Crippen molar-refractivity contribution < 1.29 is 23.9 Å². The van der Waals surface area contributed by atoms with Crippen LogP contribution in [0.15, 0.2) is 54.6 Å². The van der Waals surface area contributed by atoms with Crippen molar-refractivity contribution in [2.75, 3.05) is 6.61 Å². The van der Waals surface area contributed by atoms with Crippen LogP contribution >= 0.6 is 0 Å². The van der Waals surface area contributed by atoms with Gasteiger partial charge in [-0.1, -0.05) is 36.4 Å². The number of carbonyl (C=O) groups is 4. The fourth-order valence-corrected chi connectivity index (χ4v) is 2.80. The lowest BCUT2D eigenvalue weighted by atomic mass is 9.86. The Morgan fingerprint density at radius 1 is 1.00 bits per heavy atom. The van der Waals surface area contributed by atoms with Crippen molar-refractivity contribution in [3.05, 3.63) is 65.7 Å². The first kappa shape index (κ1) is 18.1. The van der Waals surface area contributed by atoms with Crippen LogP contribution in [0, 0.1) is 0 Å². The molecule has 0 aromatic heterocycles. The van der Waals surface area contributed by atoms with Crippen molar-refractivity contribution in [1.29, 1.82) is 0 Å². The molecule has 1 saturated heterocycles. The SMILES string of the molecule is CCOc1cccc(C(=O)NC2(c3ccccc3)C(=O)NC(=O)NC2=O)c1. The normalized spacial score (nSPS) is 15.5. The minimum Gasteiger partial charge on any atom is -0.494 e. The van der Waals surface area contributed by atoms with Gasteiger partial charge in [0.05, 0.1) is 6.61 Å². The largest absolute Gasteiger partial charge is 0.494 e. The Balaban J connectivity index is 2.01. The quantitative estimate of drug-likeness (QED) is 0.684. The van der Waals surface area contributed by atoms with E-state index in [-0.39, 0.29) is 11.1 Å². The van der Waals surface area contributed by atoms with Gasteiger partial charge in [0.15, 0.2) is 0 Å². The summed E-state index contributed by atoms with van der Waals surface area (Å²) in [4.78, 5) is 49.6. The van der Waals surface area contributed by atoms with Crippen LogP contribution in [0.1, 0.15) is 22.8 Å². The second-order valence-corrected chi connectivity index (χ2v) is 5.77. The van der Waals surface area contributed by atoms with E-state index in [0.29, 0.717) is 12.4 Å². The van der Waals surface area contributed by atoms with Crippen molar-refractivity contribution in [3.8, 4) is 5.75 Å². The number of amides is 5. The van der Waals surface area contributed by atoms with E-state index in [4.69, 9.17) is 4.74 Å². The van der Waals surface area contributed by atoms with Gasteiger partial charge < -0.3 is 10.1 Å². The predicted molar refractivity (Wildman–Crippen MR) is 94.9 cm³/mol. The van der Waals surface area contributed by atoms with E-state index in [1.54, 1.807) is 30.3 Å². The molecular formula is C19H17N3O5. The highest BCUT2D eigenvalue weighted by atomic mass is 16.5. The Labute approximate surface area is 154 Å². The summed E-state index contributed by atoms with van der Waals surface area (Å²) < 4.78 is 5.37. The predicted octanol–water partition coefficient (Wildman–Crippen LogP) is 1.08. The zero-order chi connectivity index (χ0) is 19.4. The van der Waals surface area contributed by atoms with E-state index in [2.05, 4.69) is 5.32 Å². The molecular weight excluding hydrogens is 350 g/mol. The lowest BCUT2D eigenvalue weighted by Gasteiger charge is -2.34. The van der Waals surface area contributed by atoms with E-state index >= 15 is 0 Å². The molecule has 2 aromatic rings. The Morgan fingerprint density at radius 3 is 2.30 bits per heavy atom. The number of nitrogens with one attached hydrogen (secondary N) is 3. The first-order valence-electron chi connectivity index (χ1n) is 8.25. The second kappa shape index (κ2) is 7.28. The van der Waals surface area contributed by atoms with Crippen molar-refractivity contribution >= 4 is 23.8 Å². The molecule has 3 rings (SSSR count). The minimum atomic E-state index is -2.08. The molecule has 0 bridgehead atoms. The van der Waals surface area contributed by atoms with Gasteiger partial charge in [0.25, 0.3) is 17.7 Å². The monoisotopic (exact) mass is 367 g/mol. The molecule has 2 aromatic carbocycles. The Morgan fingerprint density at radius 2 is 1.67 bits per heavy atom. The topological polar surface area (TPSA) is 114 Å². The third-order valence-corrected chi connectivity index (χ3v) is 4.05. The van der Waals surface area contributed by atoms with Gasteiger partial charge in [0.1, 0.15) is 5.75 Å². The number of carbonyl (C=O) groups excluding carboxylic acids is 4. The van der Waals surface area contributed by atoms with E-state index in [0.717, 1.165) is 0 Å². The molecule has 1 heterocycles. The number of rotatable bonds is 5. The summed E-state index contributed by atoms with van der Waals surface area (Å²) in [5, 5.41) is 6.56. The molecule has 0 atom stereocenters. The molecule has 0 aliphatic carbocycles. The third kappa shape index (κ3) is 3.37. The fraction of sp³-hybridized carbons (Fsp3) is 0.158. The number of ether oxygens (including phenoxy) is 1. The lowest BCUT2D eigenvalue weighted by molar-refractivity contribution is -0.139. The highest BCUT2D eigenvalue weighted by Crippen LogP contribution is 2.25. The lowest BCUT2D eigenvalue weighted by Crippen LogP contribution is -2.71. The minimum absolute atomic E-state index is 0.203. The van der Waals surface area contributed by atoms with Crippen molar-refractivity contribution in [3.63, 3.8) is 0 Å². The number of hydrogen-bond acceptors (Lipinski definition) is 5. The number of imide groups is 2. The van der Waals surface area contributed by atoms with Gasteiger partial charge in [-0.05, 0) is 30.7 Å². The maximum atomic E-state index is 12.8. The zero-order valence-electron chi connectivity index (χ0n) is 14.4. The molecule has 1 fully saturated rings. The second-order valence-electron chi connectivity index (χ2n) is 5.77. The van der Waals surface area contributed by atoms with Crippen LogP contribution in [0.25, 0.3) is 0 Å². The van der Waals surface area contributed by atoms with Crippen LogP contribution in [0.3, 0.4) is 0 Å². The summed E-state index contributed by atoms with van der Waals surface area (Å²) in [7, 11) is 0. The summed E-state index contributed by atoms with van der Waals surface area (Å²) in [5.74, 6) is -2.06. The molecule has 0 unspecified atom stereocenters. The molecule has 5 amide bonds. The van der Waals surface area contributed by atoms with Crippen LogP contribution in [-0.2, 0) is 15.1 Å². The zero-order valence-corrected chi connectivity index (χ0v) is 14.4. The summed E-state index contributed by atoms with van der Waals surface area (Å²) in [6.45, 7) is 2.23. The van der Waals surface area contributed by atoms with Gasteiger partial charge in [-0.3, -0.25) is 25.0 Å². The van der Waals surface area contributed by atoms with Gasteiger partial charge in [-0.25, -0.2) is 4.79 Å². The first-order chi connectivity index (χ1) is 13.0. The summed E-state index contributed by atoms with van der Waals surface area (Å²) >= 11 is 0. The van der Waals surface area contributed by atoms with E-state index in [1.165, 1.54) is 24.3 Å². The molecule has 8 nitrogen and oxygen atoms in total. The van der Waals surface area contributed by atoms with E-state index in [9.17, 15) is 19.2 Å². The number of urea groups is 1. The summed E-state index contributed by atoms with van der Waals surface area (Å²) in [6.07, 6.45) is 0. The number of hydrogen-bond donors (Lipinski definition) is 3. The van der Waals surface area contributed by atoms with E-state index < -0.39 is 29.3 Å². The highest BCUT2D eigenvalue weighted by molar-refractivity contribution is 6.24. The molecule has 0 radical (unpaired) electrons. The Kier molecular flexibility index (Phi) is 4.89. The van der Waals surface area contributed by atoms with Crippen molar-refractivity contribution in [1.82, 2.24) is 16.0 Å². The van der Waals surface area contributed by atoms with Gasteiger partial charge in [0.2, 0.25) is 5.54 Å². The molecule has 138 valence electrons. The average molecular weight is 367 g/mol. The van der Waals surface area contributed by atoms with Crippen molar-refractivity contribution in [2.24, 2.45) is 0 Å².